The van der Waals surface area contributed by atoms with Gasteiger partial charge in [-0.05, 0) is 79.1 Å². The zero-order valence-electron chi connectivity index (χ0n) is 20.1. The van der Waals surface area contributed by atoms with E-state index in [2.05, 4.69) is 5.32 Å². The summed E-state index contributed by atoms with van der Waals surface area (Å²) in [6.45, 7) is 0.433. The van der Waals surface area contributed by atoms with Gasteiger partial charge < -0.3 is 15.3 Å². The summed E-state index contributed by atoms with van der Waals surface area (Å²) in [4.78, 5) is 39.8. The van der Waals surface area contributed by atoms with Crippen molar-refractivity contribution < 1.29 is 19.5 Å². The predicted octanol–water partition coefficient (Wildman–Crippen LogP) is 7.28. The van der Waals surface area contributed by atoms with E-state index in [0.717, 1.165) is 17.7 Å². The second-order valence-electron chi connectivity index (χ2n) is 9.62. The topological polar surface area (TPSA) is 86.7 Å². The fraction of sp³-hybridized carbons (Fsp3) is 0.207. The number of nitrogens with zero attached hydrogens (tertiary/aromatic N) is 1. The molecule has 0 aromatic heterocycles. The zero-order chi connectivity index (χ0) is 27.0. The number of halogens is 3. The van der Waals surface area contributed by atoms with Crippen molar-refractivity contribution >= 4 is 64.0 Å². The number of carboxylic acids is 1. The van der Waals surface area contributed by atoms with E-state index in [9.17, 15) is 19.5 Å². The molecular weight excluding hydrogens is 547 g/mol. The van der Waals surface area contributed by atoms with Gasteiger partial charge in [0.1, 0.15) is 0 Å². The summed E-state index contributed by atoms with van der Waals surface area (Å²) in [6.07, 6.45) is 4.46. The Morgan fingerprint density at radius 3 is 2.45 bits per heavy atom. The van der Waals surface area contributed by atoms with Crippen LogP contribution in [0.25, 0.3) is 0 Å². The van der Waals surface area contributed by atoms with Crippen molar-refractivity contribution in [2.75, 3.05) is 16.8 Å². The summed E-state index contributed by atoms with van der Waals surface area (Å²) < 4.78 is 0. The SMILES string of the molecule is O=C(O)C1=C[C@@]2(CC1)CCN(C(=O)c1ccc(NC(=O)c3cc(Cl)ccc3Cl)c(Cl)c1)c1ccccc1C2. The number of benzene rings is 3. The van der Waals surface area contributed by atoms with Crippen LogP contribution >= 0.6 is 34.8 Å². The van der Waals surface area contributed by atoms with Crippen LogP contribution in [0.15, 0.2) is 72.3 Å². The molecule has 2 amide bonds. The minimum atomic E-state index is -0.883. The highest BCUT2D eigenvalue weighted by Crippen LogP contribution is 2.46. The number of fused-ring (bicyclic) bond motifs is 1. The van der Waals surface area contributed by atoms with Gasteiger partial charge in [-0.3, -0.25) is 9.59 Å². The fourth-order valence-electron chi connectivity index (χ4n) is 5.23. The van der Waals surface area contributed by atoms with E-state index in [4.69, 9.17) is 34.8 Å². The molecule has 0 bridgehead atoms. The number of carbonyl (C=O) groups is 3. The van der Waals surface area contributed by atoms with Gasteiger partial charge in [0, 0.05) is 28.4 Å². The van der Waals surface area contributed by atoms with Crippen molar-refractivity contribution in [3.8, 4) is 0 Å². The quantitative estimate of drug-likeness (QED) is 0.346. The van der Waals surface area contributed by atoms with Crippen LogP contribution in [0.4, 0.5) is 11.4 Å². The van der Waals surface area contributed by atoms with Crippen LogP contribution in [0.1, 0.15) is 45.5 Å². The number of para-hydroxylation sites is 1. The molecule has 0 radical (unpaired) electrons. The molecule has 2 N–H and O–H groups in total. The van der Waals surface area contributed by atoms with E-state index in [-0.39, 0.29) is 26.9 Å². The second kappa shape index (κ2) is 10.4. The van der Waals surface area contributed by atoms with Crippen LogP contribution in [-0.4, -0.2) is 29.4 Å². The van der Waals surface area contributed by atoms with Gasteiger partial charge in [0.05, 0.1) is 21.3 Å². The Labute approximate surface area is 234 Å². The largest absolute Gasteiger partial charge is 0.478 e. The highest BCUT2D eigenvalue weighted by molar-refractivity contribution is 6.37. The number of amides is 2. The molecule has 0 fully saturated rings. The first-order valence-electron chi connectivity index (χ1n) is 12.1. The van der Waals surface area contributed by atoms with Crippen molar-refractivity contribution in [2.45, 2.75) is 25.7 Å². The third-order valence-electron chi connectivity index (χ3n) is 7.19. The lowest BCUT2D eigenvalue weighted by molar-refractivity contribution is -0.132. The van der Waals surface area contributed by atoms with Crippen LogP contribution in [0.5, 0.6) is 0 Å². The average molecular weight is 570 g/mol. The molecule has 1 spiro atoms. The lowest BCUT2D eigenvalue weighted by Gasteiger charge is -2.26. The minimum absolute atomic E-state index is 0.201. The third kappa shape index (κ3) is 5.17. The van der Waals surface area contributed by atoms with Crippen LogP contribution in [0.3, 0.4) is 0 Å². The van der Waals surface area contributed by atoms with Gasteiger partial charge in [0.25, 0.3) is 11.8 Å². The molecule has 1 aliphatic heterocycles. The molecule has 3 aromatic rings. The maximum Gasteiger partial charge on any atom is 0.331 e. The Bertz CT molecular complexity index is 1500. The molecule has 9 heteroatoms. The molecule has 194 valence electrons. The predicted molar refractivity (Wildman–Crippen MR) is 150 cm³/mol. The lowest BCUT2D eigenvalue weighted by atomic mass is 9.79. The van der Waals surface area contributed by atoms with Crippen LogP contribution in [0.2, 0.25) is 15.1 Å². The summed E-state index contributed by atoms with van der Waals surface area (Å²) in [5.74, 6) is -1.59. The van der Waals surface area contributed by atoms with E-state index >= 15 is 0 Å². The van der Waals surface area contributed by atoms with Crippen LogP contribution < -0.4 is 10.2 Å². The summed E-state index contributed by atoms with van der Waals surface area (Å²) in [6, 6.07) is 17.0. The second-order valence-corrected chi connectivity index (χ2v) is 10.9. The van der Waals surface area contributed by atoms with E-state index in [0.29, 0.717) is 47.7 Å². The molecule has 0 unspecified atom stereocenters. The van der Waals surface area contributed by atoms with Gasteiger partial charge >= 0.3 is 5.97 Å². The van der Waals surface area contributed by atoms with E-state index < -0.39 is 11.9 Å². The highest BCUT2D eigenvalue weighted by atomic mass is 35.5. The Hall–Kier alpha value is -3.32. The lowest BCUT2D eigenvalue weighted by Crippen LogP contribution is -2.33. The zero-order valence-corrected chi connectivity index (χ0v) is 22.4. The van der Waals surface area contributed by atoms with Crippen molar-refractivity contribution in [2.24, 2.45) is 5.41 Å². The number of hydrogen-bond acceptors (Lipinski definition) is 3. The number of anilines is 2. The van der Waals surface area contributed by atoms with Crippen molar-refractivity contribution in [3.63, 3.8) is 0 Å². The first kappa shape index (κ1) is 26.3. The molecule has 5 rings (SSSR count). The minimum Gasteiger partial charge on any atom is -0.478 e. The monoisotopic (exact) mass is 568 g/mol. The number of nitrogens with one attached hydrogen (secondary N) is 1. The van der Waals surface area contributed by atoms with Gasteiger partial charge in [-0.15, -0.1) is 0 Å². The summed E-state index contributed by atoms with van der Waals surface area (Å²) in [5.41, 5.74) is 2.84. The van der Waals surface area contributed by atoms with E-state index in [1.807, 2.05) is 30.3 Å². The maximum atomic E-state index is 13.7. The molecule has 1 heterocycles. The number of hydrogen-bond donors (Lipinski definition) is 2. The average Bonchev–Trinajstić information content (AvgIpc) is 3.24. The summed E-state index contributed by atoms with van der Waals surface area (Å²) in [5, 5.41) is 13.0. The Kier molecular flexibility index (Phi) is 7.23. The maximum absolute atomic E-state index is 13.7. The number of aliphatic carboxylic acids is 1. The van der Waals surface area contributed by atoms with Crippen molar-refractivity contribution in [1.29, 1.82) is 0 Å². The molecular formula is C29H23Cl3N2O4. The third-order valence-corrected chi connectivity index (χ3v) is 8.07. The van der Waals surface area contributed by atoms with Gasteiger partial charge in [-0.1, -0.05) is 59.1 Å². The Morgan fingerprint density at radius 1 is 0.921 bits per heavy atom. The van der Waals surface area contributed by atoms with Gasteiger partial charge in [0.15, 0.2) is 0 Å². The molecule has 1 aliphatic carbocycles. The standard InChI is InChI=1S/C29H23Cl3N2O4/c30-20-6-7-22(31)21(14-20)26(35)33-24-8-5-17(13-23(24)32)27(36)34-12-11-29(10-9-19(16-29)28(37)38)15-18-3-1-2-4-25(18)34/h1-8,13-14,16H,9-12,15H2,(H,33,35)(H,37,38)/t29-/m0/s1. The number of carboxylic acid groups (broad SMARTS) is 1. The molecule has 6 nitrogen and oxygen atoms in total. The van der Waals surface area contributed by atoms with E-state index in [1.165, 1.54) is 18.2 Å². The summed E-state index contributed by atoms with van der Waals surface area (Å²) >= 11 is 18.6. The number of carbonyl (C=O) groups excluding carboxylic acids is 2. The smallest absolute Gasteiger partial charge is 0.331 e. The molecule has 3 aromatic carbocycles. The van der Waals surface area contributed by atoms with Gasteiger partial charge in [-0.25, -0.2) is 4.79 Å². The molecule has 2 aliphatic rings. The van der Waals surface area contributed by atoms with Gasteiger partial charge in [-0.2, -0.15) is 0 Å². The van der Waals surface area contributed by atoms with Crippen molar-refractivity contribution in [3.05, 3.63) is 104 Å². The summed E-state index contributed by atoms with van der Waals surface area (Å²) in [7, 11) is 0. The van der Waals surface area contributed by atoms with Crippen LogP contribution in [0, 0.1) is 5.41 Å². The molecule has 1 atom stereocenters. The Morgan fingerprint density at radius 2 is 1.71 bits per heavy atom. The number of rotatable bonds is 4. The first-order valence-corrected chi connectivity index (χ1v) is 13.2. The normalized spacial score (nSPS) is 18.5. The highest BCUT2D eigenvalue weighted by Gasteiger charge is 2.39. The molecule has 38 heavy (non-hydrogen) atoms. The Balaban J connectivity index is 1.40. The van der Waals surface area contributed by atoms with Crippen LogP contribution in [-0.2, 0) is 11.2 Å². The first-order chi connectivity index (χ1) is 18.2. The van der Waals surface area contributed by atoms with E-state index in [1.54, 1.807) is 23.1 Å². The van der Waals surface area contributed by atoms with Crippen molar-refractivity contribution in [1.82, 2.24) is 0 Å². The molecule has 0 saturated heterocycles. The number of allylic oxidation sites excluding steroid dienone is 1. The van der Waals surface area contributed by atoms with Gasteiger partial charge in [0.2, 0.25) is 0 Å². The fourth-order valence-corrected chi connectivity index (χ4v) is 5.83. The molecule has 0 saturated carbocycles.